The smallest absolute Gasteiger partial charge is 0.300 e. The number of hydrogen-bond donors (Lipinski definition) is 2. The van der Waals surface area contributed by atoms with Crippen molar-refractivity contribution in [2.75, 3.05) is 0 Å². The Hall–Kier alpha value is -1.51. The minimum atomic E-state index is -0.833. The number of rotatable bonds is 0. The number of carbonyl (C=O) groups is 1. The highest BCUT2D eigenvalue weighted by Crippen LogP contribution is 2.50. The number of aliphatic carboxylic acids is 1. The number of fused-ring (bicyclic) bond motifs is 1. The van der Waals surface area contributed by atoms with Gasteiger partial charge >= 0.3 is 0 Å². The Balaban J connectivity index is 0.000000245. The van der Waals surface area contributed by atoms with Gasteiger partial charge in [0.2, 0.25) is 0 Å². The number of phenols is 1. The van der Waals surface area contributed by atoms with Crippen molar-refractivity contribution in [3.05, 3.63) is 17.7 Å². The maximum atomic E-state index is 9.23. The fraction of sp³-hybridized carbons (Fsp3) is 0.417. The average molecular weight is 208 g/mol. The second-order valence-corrected chi connectivity index (χ2v) is 4.69. The van der Waals surface area contributed by atoms with Crippen LogP contribution in [0.15, 0.2) is 12.1 Å². The number of aromatic hydroxyl groups is 1. The summed E-state index contributed by atoms with van der Waals surface area (Å²) in [5.74, 6) is -0.368. The molecule has 0 heterocycles. The lowest BCUT2D eigenvalue weighted by Crippen LogP contribution is -2.17. The van der Waals surface area contributed by atoms with Gasteiger partial charge in [-0.2, -0.15) is 0 Å². The van der Waals surface area contributed by atoms with Gasteiger partial charge in [-0.05, 0) is 28.7 Å². The van der Waals surface area contributed by atoms with E-state index in [1.165, 1.54) is 11.1 Å². The zero-order valence-corrected chi connectivity index (χ0v) is 9.46. The summed E-state index contributed by atoms with van der Waals surface area (Å²) in [7, 11) is 0. The molecule has 0 aromatic rings. The molecular formula is C12H16O3. The Bertz CT molecular complexity index is 396. The first-order valence-electron chi connectivity index (χ1n) is 4.81. The molecule has 0 aromatic carbocycles. The van der Waals surface area contributed by atoms with E-state index in [-0.39, 0.29) is 5.41 Å². The fourth-order valence-corrected chi connectivity index (χ4v) is 1.51. The van der Waals surface area contributed by atoms with Gasteiger partial charge in [-0.25, -0.2) is 0 Å². The van der Waals surface area contributed by atoms with E-state index in [1.807, 2.05) is 6.07 Å². The van der Waals surface area contributed by atoms with Crippen LogP contribution >= 0.6 is 0 Å². The van der Waals surface area contributed by atoms with E-state index >= 15 is 0 Å². The van der Waals surface area contributed by atoms with Crippen molar-refractivity contribution in [2.45, 2.75) is 33.1 Å². The standard InChI is InChI=1S/C10H12O.C2H4O2/c1-10(2,3)7-4-6-5-8(11)9(6)7;1-2(3)4/h4-5,11H,1-3H3;1H3,(H,3,4). The van der Waals surface area contributed by atoms with Crippen LogP contribution in [0.5, 0.6) is 5.75 Å². The predicted octanol–water partition coefficient (Wildman–Crippen LogP) is 2.76. The van der Waals surface area contributed by atoms with Crippen molar-refractivity contribution in [2.24, 2.45) is 0 Å². The van der Waals surface area contributed by atoms with Crippen molar-refractivity contribution in [1.29, 1.82) is 0 Å². The summed E-state index contributed by atoms with van der Waals surface area (Å²) in [6.07, 6.45) is 0. The second kappa shape index (κ2) is 3.57. The van der Waals surface area contributed by atoms with Crippen LogP contribution in [0.2, 0.25) is 0 Å². The molecule has 0 unspecified atom stereocenters. The van der Waals surface area contributed by atoms with E-state index in [1.54, 1.807) is 0 Å². The van der Waals surface area contributed by atoms with E-state index < -0.39 is 5.97 Å². The largest absolute Gasteiger partial charge is 0.507 e. The molecule has 2 aliphatic carbocycles. The third kappa shape index (κ3) is 2.29. The van der Waals surface area contributed by atoms with Crippen molar-refractivity contribution in [3.63, 3.8) is 0 Å². The summed E-state index contributed by atoms with van der Waals surface area (Å²) in [4.78, 5) is 9.00. The monoisotopic (exact) mass is 208 g/mol. The van der Waals surface area contributed by atoms with Crippen LogP contribution in [-0.2, 0) is 10.2 Å². The minimum absolute atomic E-state index is 0.182. The maximum absolute atomic E-state index is 9.23. The number of carboxylic acids is 1. The molecular weight excluding hydrogens is 192 g/mol. The third-order valence-corrected chi connectivity index (χ3v) is 2.21. The van der Waals surface area contributed by atoms with Crippen LogP contribution in [0.25, 0.3) is 11.1 Å². The van der Waals surface area contributed by atoms with Crippen LogP contribution in [0.1, 0.15) is 33.3 Å². The van der Waals surface area contributed by atoms with Crippen LogP contribution in [0.4, 0.5) is 0 Å². The third-order valence-electron chi connectivity index (χ3n) is 2.21. The van der Waals surface area contributed by atoms with E-state index in [4.69, 9.17) is 9.90 Å². The zero-order valence-electron chi connectivity index (χ0n) is 9.46. The molecule has 0 saturated heterocycles. The number of carboxylic acid groups (broad SMARTS) is 1. The van der Waals surface area contributed by atoms with E-state index in [9.17, 15) is 5.11 Å². The highest BCUT2D eigenvalue weighted by atomic mass is 16.4. The molecule has 3 nitrogen and oxygen atoms in total. The molecule has 0 amide bonds. The molecule has 0 atom stereocenters. The van der Waals surface area contributed by atoms with Gasteiger partial charge in [0.05, 0.1) is 0 Å². The number of phenolic OH excluding ortho intramolecular Hbond substituents is 1. The van der Waals surface area contributed by atoms with Gasteiger partial charge in [0.25, 0.3) is 5.97 Å². The molecule has 0 spiro atoms. The van der Waals surface area contributed by atoms with Crippen LogP contribution in [-0.4, -0.2) is 16.2 Å². The van der Waals surface area contributed by atoms with Crippen molar-refractivity contribution in [1.82, 2.24) is 0 Å². The lowest BCUT2D eigenvalue weighted by atomic mass is 9.73. The lowest BCUT2D eigenvalue weighted by Gasteiger charge is -2.31. The molecule has 0 saturated carbocycles. The summed E-state index contributed by atoms with van der Waals surface area (Å²) in [6.45, 7) is 7.57. The lowest BCUT2D eigenvalue weighted by molar-refractivity contribution is -0.134. The maximum Gasteiger partial charge on any atom is 0.300 e. The molecule has 0 radical (unpaired) electrons. The number of hydrogen-bond acceptors (Lipinski definition) is 2. The van der Waals surface area contributed by atoms with Gasteiger partial charge in [0, 0.05) is 12.5 Å². The van der Waals surface area contributed by atoms with Gasteiger partial charge in [-0.3, -0.25) is 4.79 Å². The molecule has 3 heteroatoms. The van der Waals surface area contributed by atoms with Gasteiger partial charge in [0.15, 0.2) is 0 Å². The number of benzene rings is 1. The van der Waals surface area contributed by atoms with Gasteiger partial charge < -0.3 is 10.2 Å². The van der Waals surface area contributed by atoms with Gasteiger partial charge in [-0.1, -0.05) is 20.8 Å². The molecule has 0 aliphatic heterocycles. The summed E-state index contributed by atoms with van der Waals surface area (Å²) in [5.41, 5.74) is 3.78. The molecule has 2 N–H and O–H groups in total. The highest BCUT2D eigenvalue weighted by Gasteiger charge is 2.29. The Morgan fingerprint density at radius 2 is 1.73 bits per heavy atom. The summed E-state index contributed by atoms with van der Waals surface area (Å²) in [6, 6.07) is 3.96. The molecule has 15 heavy (non-hydrogen) atoms. The van der Waals surface area contributed by atoms with E-state index in [0.717, 1.165) is 12.5 Å². The normalized spacial score (nSPS) is 11.5. The SMILES string of the molecule is CC(=O)O.CC(C)(C)c1cc2cc(O)c1-2. The average Bonchev–Trinajstić information content (AvgIpc) is 1.94. The molecule has 0 aromatic heterocycles. The Morgan fingerprint density at radius 3 is 1.93 bits per heavy atom. The summed E-state index contributed by atoms with van der Waals surface area (Å²) < 4.78 is 0. The molecule has 82 valence electrons. The quantitative estimate of drug-likeness (QED) is 0.699. The Labute approximate surface area is 89.4 Å². The molecule has 2 rings (SSSR count). The summed E-state index contributed by atoms with van der Waals surface area (Å²) >= 11 is 0. The predicted molar refractivity (Wildman–Crippen MR) is 59.1 cm³/mol. The van der Waals surface area contributed by atoms with Crippen LogP contribution < -0.4 is 0 Å². The first kappa shape index (κ1) is 11.6. The van der Waals surface area contributed by atoms with Crippen LogP contribution in [0, 0.1) is 0 Å². The first-order chi connectivity index (χ1) is 6.73. The highest BCUT2D eigenvalue weighted by molar-refractivity contribution is 5.89. The Morgan fingerprint density at radius 1 is 1.27 bits per heavy atom. The van der Waals surface area contributed by atoms with Gasteiger partial charge in [-0.15, -0.1) is 0 Å². The van der Waals surface area contributed by atoms with E-state index in [0.29, 0.717) is 5.75 Å². The summed E-state index contributed by atoms with van der Waals surface area (Å²) in [5, 5.41) is 16.7. The minimum Gasteiger partial charge on any atom is -0.507 e. The molecule has 0 fully saturated rings. The van der Waals surface area contributed by atoms with Crippen molar-refractivity contribution in [3.8, 4) is 16.9 Å². The van der Waals surface area contributed by atoms with Gasteiger partial charge in [0.1, 0.15) is 5.75 Å². The Kier molecular flexibility index (Phi) is 2.75. The first-order valence-corrected chi connectivity index (χ1v) is 4.81. The van der Waals surface area contributed by atoms with Crippen molar-refractivity contribution >= 4 is 5.97 Å². The van der Waals surface area contributed by atoms with E-state index in [2.05, 4.69) is 26.8 Å². The zero-order chi connectivity index (χ0) is 11.8. The topological polar surface area (TPSA) is 57.5 Å². The molecule has 0 bridgehead atoms. The second-order valence-electron chi connectivity index (χ2n) is 4.69. The van der Waals surface area contributed by atoms with Crippen LogP contribution in [0.3, 0.4) is 0 Å². The van der Waals surface area contributed by atoms with Crippen molar-refractivity contribution < 1.29 is 15.0 Å². The molecule has 2 aliphatic rings. The fourth-order valence-electron chi connectivity index (χ4n) is 1.51.